The van der Waals surface area contributed by atoms with Crippen molar-refractivity contribution in [2.75, 3.05) is 29.9 Å². The van der Waals surface area contributed by atoms with Gasteiger partial charge in [0.1, 0.15) is 0 Å². The van der Waals surface area contributed by atoms with Crippen LogP contribution in [0.3, 0.4) is 0 Å². The quantitative estimate of drug-likeness (QED) is 0.852. The van der Waals surface area contributed by atoms with Gasteiger partial charge in [0.2, 0.25) is 0 Å². The zero-order valence-corrected chi connectivity index (χ0v) is 13.0. The lowest BCUT2D eigenvalue weighted by Crippen LogP contribution is -2.29. The van der Waals surface area contributed by atoms with Crippen LogP contribution in [0.4, 0.5) is 11.4 Å². The topological polar surface area (TPSA) is 32.3 Å². The molecule has 3 rings (SSSR count). The number of hydrogen-bond donors (Lipinski definition) is 1. The molecular weight excluding hydrogens is 272 g/mol. The number of para-hydroxylation sites is 1. The molecule has 3 heteroatoms. The van der Waals surface area contributed by atoms with Crippen LogP contribution in [0.25, 0.3) is 0 Å². The summed E-state index contributed by atoms with van der Waals surface area (Å²) < 4.78 is 0. The maximum Gasteiger partial charge on any atom is 0.182 e. The van der Waals surface area contributed by atoms with E-state index >= 15 is 0 Å². The Morgan fingerprint density at radius 3 is 2.77 bits per heavy atom. The minimum absolute atomic E-state index is 0.180. The normalized spacial score (nSPS) is 13.1. The van der Waals surface area contributed by atoms with E-state index in [9.17, 15) is 4.79 Å². The van der Waals surface area contributed by atoms with Crippen LogP contribution in [0.5, 0.6) is 0 Å². The number of aryl methyl sites for hydroxylation is 1. The predicted molar refractivity (Wildman–Crippen MR) is 91.9 cm³/mol. The molecule has 2 aromatic rings. The first-order valence-corrected chi connectivity index (χ1v) is 7.98. The van der Waals surface area contributed by atoms with Crippen molar-refractivity contribution in [1.29, 1.82) is 0 Å². The van der Waals surface area contributed by atoms with Crippen molar-refractivity contribution >= 4 is 17.2 Å². The minimum atomic E-state index is 0.180. The highest BCUT2D eigenvalue weighted by atomic mass is 16.1. The summed E-state index contributed by atoms with van der Waals surface area (Å²) in [5.74, 6) is 0.180. The standard InChI is InChI=1S/C19H22N2O/c1-2-21(17-8-4-3-5-9-17)14-19(22)16-10-11-18-15(13-16)7-6-12-20-18/h3-5,8-11,13,20H,2,6-7,12,14H2,1H3. The summed E-state index contributed by atoms with van der Waals surface area (Å²) in [6.07, 6.45) is 2.19. The van der Waals surface area contributed by atoms with Crippen molar-refractivity contribution in [3.8, 4) is 0 Å². The van der Waals surface area contributed by atoms with E-state index in [2.05, 4.69) is 23.2 Å². The Kier molecular flexibility index (Phi) is 4.42. The maximum absolute atomic E-state index is 12.6. The Hall–Kier alpha value is -2.29. The Morgan fingerprint density at radius 2 is 2.00 bits per heavy atom. The zero-order chi connectivity index (χ0) is 15.4. The summed E-state index contributed by atoms with van der Waals surface area (Å²) in [5.41, 5.74) is 4.35. The van der Waals surface area contributed by atoms with Gasteiger partial charge in [0, 0.05) is 30.0 Å². The van der Waals surface area contributed by atoms with Crippen LogP contribution >= 0.6 is 0 Å². The van der Waals surface area contributed by atoms with Crippen LogP contribution in [-0.4, -0.2) is 25.4 Å². The fourth-order valence-corrected chi connectivity index (χ4v) is 2.94. The van der Waals surface area contributed by atoms with E-state index in [0.29, 0.717) is 6.54 Å². The Bertz CT molecular complexity index is 652. The third kappa shape index (κ3) is 3.14. The lowest BCUT2D eigenvalue weighted by Gasteiger charge is -2.23. The number of rotatable bonds is 5. The zero-order valence-electron chi connectivity index (χ0n) is 13.0. The van der Waals surface area contributed by atoms with E-state index in [1.54, 1.807) is 0 Å². The molecule has 0 unspecified atom stereocenters. The molecule has 0 amide bonds. The maximum atomic E-state index is 12.6. The highest BCUT2D eigenvalue weighted by Crippen LogP contribution is 2.23. The predicted octanol–water partition coefficient (Wildman–Crippen LogP) is 3.75. The summed E-state index contributed by atoms with van der Waals surface area (Å²) >= 11 is 0. The highest BCUT2D eigenvalue weighted by Gasteiger charge is 2.15. The lowest BCUT2D eigenvalue weighted by molar-refractivity contribution is 0.0999. The summed E-state index contributed by atoms with van der Waals surface area (Å²) in [6.45, 7) is 4.35. The van der Waals surface area contributed by atoms with Gasteiger partial charge in [-0.15, -0.1) is 0 Å². The Labute approximate surface area is 132 Å². The van der Waals surface area contributed by atoms with Crippen molar-refractivity contribution in [3.63, 3.8) is 0 Å². The first kappa shape index (κ1) is 14.6. The van der Waals surface area contributed by atoms with Crippen LogP contribution < -0.4 is 10.2 Å². The van der Waals surface area contributed by atoms with Crippen LogP contribution in [0.2, 0.25) is 0 Å². The number of hydrogen-bond acceptors (Lipinski definition) is 3. The molecule has 0 spiro atoms. The van der Waals surface area contributed by atoms with Gasteiger partial charge in [-0.1, -0.05) is 18.2 Å². The van der Waals surface area contributed by atoms with Gasteiger partial charge < -0.3 is 10.2 Å². The lowest BCUT2D eigenvalue weighted by atomic mass is 9.99. The van der Waals surface area contributed by atoms with E-state index in [1.807, 2.05) is 42.5 Å². The number of nitrogens with zero attached hydrogens (tertiary/aromatic N) is 1. The summed E-state index contributed by atoms with van der Waals surface area (Å²) in [5, 5.41) is 3.38. The molecule has 1 aliphatic heterocycles. The molecule has 22 heavy (non-hydrogen) atoms. The number of likely N-dealkylation sites (N-methyl/N-ethyl adjacent to an activating group) is 1. The largest absolute Gasteiger partial charge is 0.385 e. The number of benzene rings is 2. The second-order valence-corrected chi connectivity index (χ2v) is 5.68. The first-order valence-electron chi connectivity index (χ1n) is 7.98. The van der Waals surface area contributed by atoms with E-state index in [1.165, 1.54) is 11.3 Å². The van der Waals surface area contributed by atoms with Crippen LogP contribution in [-0.2, 0) is 6.42 Å². The summed E-state index contributed by atoms with van der Waals surface area (Å²) in [6, 6.07) is 16.2. The molecule has 0 fully saturated rings. The molecule has 1 N–H and O–H groups in total. The van der Waals surface area contributed by atoms with Crippen molar-refractivity contribution in [3.05, 3.63) is 59.7 Å². The monoisotopic (exact) mass is 294 g/mol. The molecule has 1 aliphatic rings. The Balaban J connectivity index is 1.76. The molecule has 1 heterocycles. The molecule has 2 aromatic carbocycles. The molecule has 0 aliphatic carbocycles. The first-order chi connectivity index (χ1) is 10.8. The average molecular weight is 294 g/mol. The molecule has 3 nitrogen and oxygen atoms in total. The van der Waals surface area contributed by atoms with Gasteiger partial charge in [0.25, 0.3) is 0 Å². The van der Waals surface area contributed by atoms with Gasteiger partial charge in [-0.3, -0.25) is 4.79 Å². The number of ketones is 1. The van der Waals surface area contributed by atoms with E-state index in [-0.39, 0.29) is 5.78 Å². The molecule has 0 atom stereocenters. The number of fused-ring (bicyclic) bond motifs is 1. The third-order valence-corrected chi connectivity index (χ3v) is 4.20. The van der Waals surface area contributed by atoms with Gasteiger partial charge in [-0.25, -0.2) is 0 Å². The molecular formula is C19H22N2O. The van der Waals surface area contributed by atoms with Crippen LogP contribution in [0, 0.1) is 0 Å². The van der Waals surface area contributed by atoms with Gasteiger partial charge >= 0.3 is 0 Å². The van der Waals surface area contributed by atoms with Crippen LogP contribution in [0.1, 0.15) is 29.3 Å². The molecule has 0 bridgehead atoms. The smallest absolute Gasteiger partial charge is 0.182 e. The molecule has 0 saturated heterocycles. The fraction of sp³-hybridized carbons (Fsp3) is 0.316. The summed E-state index contributed by atoms with van der Waals surface area (Å²) in [4.78, 5) is 14.7. The minimum Gasteiger partial charge on any atom is -0.385 e. The van der Waals surface area contributed by atoms with Crippen molar-refractivity contribution in [2.24, 2.45) is 0 Å². The van der Waals surface area contributed by atoms with Crippen molar-refractivity contribution in [1.82, 2.24) is 0 Å². The van der Waals surface area contributed by atoms with E-state index < -0.39 is 0 Å². The SMILES string of the molecule is CCN(CC(=O)c1ccc2c(c1)CCCN2)c1ccccc1. The number of carbonyl (C=O) groups excluding carboxylic acids is 1. The number of nitrogens with one attached hydrogen (secondary N) is 1. The van der Waals surface area contributed by atoms with Gasteiger partial charge in [0.05, 0.1) is 6.54 Å². The van der Waals surface area contributed by atoms with E-state index in [0.717, 1.165) is 37.2 Å². The third-order valence-electron chi connectivity index (χ3n) is 4.20. The molecule has 0 radical (unpaired) electrons. The van der Waals surface area contributed by atoms with E-state index in [4.69, 9.17) is 0 Å². The highest BCUT2D eigenvalue weighted by molar-refractivity contribution is 5.99. The van der Waals surface area contributed by atoms with Crippen molar-refractivity contribution in [2.45, 2.75) is 19.8 Å². The average Bonchev–Trinajstić information content (AvgIpc) is 2.59. The fourth-order valence-electron chi connectivity index (χ4n) is 2.94. The second-order valence-electron chi connectivity index (χ2n) is 5.68. The van der Waals surface area contributed by atoms with Gasteiger partial charge in [-0.05, 0) is 55.7 Å². The Morgan fingerprint density at radius 1 is 1.18 bits per heavy atom. The van der Waals surface area contributed by atoms with Gasteiger partial charge in [0.15, 0.2) is 5.78 Å². The van der Waals surface area contributed by atoms with Gasteiger partial charge in [-0.2, -0.15) is 0 Å². The number of carbonyl (C=O) groups is 1. The second kappa shape index (κ2) is 6.65. The van der Waals surface area contributed by atoms with Crippen LogP contribution in [0.15, 0.2) is 48.5 Å². The number of Topliss-reactive ketones (excluding diaryl/α,β-unsaturated/α-hetero) is 1. The summed E-state index contributed by atoms with van der Waals surface area (Å²) in [7, 11) is 0. The molecule has 114 valence electrons. The number of anilines is 2. The molecule has 0 aromatic heterocycles. The molecule has 0 saturated carbocycles. The van der Waals surface area contributed by atoms with Crippen molar-refractivity contribution < 1.29 is 4.79 Å².